The number of halogens is 1. The summed E-state index contributed by atoms with van der Waals surface area (Å²) in [6.07, 6.45) is 1.90. The quantitative estimate of drug-likeness (QED) is 0.128. The number of hydrogen-bond donors (Lipinski definition) is 0. The second kappa shape index (κ2) is 18.2. The molecule has 0 bridgehead atoms. The number of aromatic nitrogens is 2. The molecule has 8 aromatic rings. The number of rotatable bonds is 10. The smallest absolute Gasteiger partial charge is 0.135 e. The molecule has 66 heavy (non-hydrogen) atoms. The number of para-hydroxylation sites is 3. The van der Waals surface area contributed by atoms with Gasteiger partial charge in [0.15, 0.2) is 0 Å². The Kier molecular flexibility index (Phi) is 12.9. The maximum atomic E-state index is 15.7. The van der Waals surface area contributed by atoms with E-state index < -0.39 is 0 Å². The molecule has 0 radical (unpaired) electrons. The maximum Gasteiger partial charge on any atom is 0.135 e. The summed E-state index contributed by atoms with van der Waals surface area (Å²) in [4.78, 5) is 9.38. The number of hydrogen-bond acceptors (Lipinski definition) is 4. The Bertz CT molecular complexity index is 3070. The van der Waals surface area contributed by atoms with Gasteiger partial charge in [-0.05, 0) is 117 Å². The van der Waals surface area contributed by atoms with Crippen LogP contribution in [0.2, 0.25) is 0 Å². The molecule has 0 aliphatic carbocycles. The van der Waals surface area contributed by atoms with Gasteiger partial charge in [-0.25, -0.2) is 9.37 Å². The molecule has 342 valence electrons. The van der Waals surface area contributed by atoms with Crippen molar-refractivity contribution in [1.82, 2.24) is 9.55 Å². The summed E-state index contributed by atoms with van der Waals surface area (Å²) in [5.74, 6) is 2.57. The van der Waals surface area contributed by atoms with Crippen LogP contribution in [0.15, 0.2) is 115 Å². The molecule has 9 rings (SSSR count). The summed E-state index contributed by atoms with van der Waals surface area (Å²) in [6, 6.07) is 45.6. The Balaban J connectivity index is 0.00000592. The first-order chi connectivity index (χ1) is 31.0. The van der Waals surface area contributed by atoms with Gasteiger partial charge in [-0.1, -0.05) is 130 Å². The number of benzene rings is 6. The van der Waals surface area contributed by atoms with Gasteiger partial charge in [-0.2, -0.15) is 6.07 Å². The van der Waals surface area contributed by atoms with Crippen LogP contribution >= 0.6 is 0 Å². The van der Waals surface area contributed by atoms with Crippen molar-refractivity contribution >= 4 is 44.6 Å². The Labute approximate surface area is 405 Å². The zero-order valence-corrected chi connectivity index (χ0v) is 42.5. The van der Waals surface area contributed by atoms with Gasteiger partial charge < -0.3 is 19.1 Å². The molecule has 0 saturated heterocycles. The number of pyridine rings is 1. The summed E-state index contributed by atoms with van der Waals surface area (Å²) < 4.78 is 24.9. The van der Waals surface area contributed by atoms with Crippen LogP contribution in [0.3, 0.4) is 0 Å². The largest absolute Gasteiger partial charge is 0.509 e. The van der Waals surface area contributed by atoms with Crippen LogP contribution in [0.25, 0.3) is 38.8 Å². The molecule has 2 aromatic heterocycles. The minimum Gasteiger partial charge on any atom is -0.509 e. The average Bonchev–Trinajstić information content (AvgIpc) is 3.82. The molecule has 0 N–H and O–H groups in total. The van der Waals surface area contributed by atoms with Crippen LogP contribution in [0.5, 0.6) is 11.5 Å². The molecule has 1 aliphatic rings. The Morgan fingerprint density at radius 3 is 1.95 bits per heavy atom. The molecule has 0 spiro atoms. The zero-order valence-electron chi connectivity index (χ0n) is 40.2. The summed E-state index contributed by atoms with van der Waals surface area (Å²) in [5, 5.41) is 2.20. The second-order valence-corrected chi connectivity index (χ2v) is 19.9. The SMILES string of the molecule is Cc1c(F)cc(C(C)C)c(N2[CH-]N(c3[c-]c(Oc4[c-]c5c(cc4)c4ccccc4n5-c4cc(C(C)(C)C)ccn4)cc(-c4c(C(C)C)cccc4C(C)C)c3)c3ccccc32)c1C(C)C.[Pt]. The molecule has 0 saturated carbocycles. The van der Waals surface area contributed by atoms with E-state index in [4.69, 9.17) is 9.72 Å². The molecule has 1 aliphatic heterocycles. The first-order valence-electron chi connectivity index (χ1n) is 23.2. The number of anilines is 4. The van der Waals surface area contributed by atoms with E-state index in [1.165, 1.54) is 22.3 Å². The molecular weight excluding hydrogens is 995 g/mol. The standard InChI is InChI=1S/C59H60FN4O.Pt/c1-35(2)45-19-17-20-46(36(3)4)57(45)40-28-42(62-34-63(53-23-16-15-22-52(53)62)58-49(37(5)6)33-50(60)39(9)56(58)38(7)8)31-44(29-40)65-43-24-25-48-47-18-13-14-21-51(47)64(54(48)32-43)55-30-41(26-27-61-55)59(10,11)12;/h13-30,33-38H,1-12H3;/q-3;. The summed E-state index contributed by atoms with van der Waals surface area (Å²) in [5.41, 5.74) is 14.5. The third-order valence-electron chi connectivity index (χ3n) is 13.0. The monoisotopic (exact) mass is 1050 g/mol. The average molecular weight is 1060 g/mol. The van der Waals surface area contributed by atoms with Gasteiger partial charge in [0.1, 0.15) is 11.6 Å². The molecule has 0 fully saturated rings. The van der Waals surface area contributed by atoms with Crippen LogP contribution in [-0.2, 0) is 26.5 Å². The fraction of sp³-hybridized carbons (Fsp3) is 0.288. The summed E-state index contributed by atoms with van der Waals surface area (Å²) in [7, 11) is 0. The van der Waals surface area contributed by atoms with Gasteiger partial charge in [0.25, 0.3) is 0 Å². The summed E-state index contributed by atoms with van der Waals surface area (Å²) in [6.45, 7) is 28.4. The van der Waals surface area contributed by atoms with E-state index in [2.05, 4.69) is 206 Å². The second-order valence-electron chi connectivity index (χ2n) is 19.9. The number of ether oxygens (including phenoxy) is 1. The molecule has 0 amide bonds. The van der Waals surface area contributed by atoms with Gasteiger partial charge in [-0.15, -0.1) is 53.6 Å². The van der Waals surface area contributed by atoms with Crippen LogP contribution in [-0.4, -0.2) is 9.55 Å². The number of nitrogens with zero attached hydrogens (tertiary/aromatic N) is 4. The molecule has 6 aromatic carbocycles. The maximum absolute atomic E-state index is 15.7. The van der Waals surface area contributed by atoms with Gasteiger partial charge in [0.2, 0.25) is 0 Å². The van der Waals surface area contributed by atoms with Gasteiger partial charge in [0, 0.05) is 61.3 Å². The molecule has 3 heterocycles. The van der Waals surface area contributed by atoms with E-state index in [0.29, 0.717) is 17.1 Å². The minimum atomic E-state index is -0.164. The summed E-state index contributed by atoms with van der Waals surface area (Å²) >= 11 is 0. The number of fused-ring (bicyclic) bond motifs is 4. The van der Waals surface area contributed by atoms with Crippen molar-refractivity contribution in [2.75, 3.05) is 9.80 Å². The fourth-order valence-electron chi connectivity index (χ4n) is 9.71. The molecular formula is C59H60FN4OPt-3. The van der Waals surface area contributed by atoms with Gasteiger partial charge >= 0.3 is 0 Å². The van der Waals surface area contributed by atoms with Crippen molar-refractivity contribution in [1.29, 1.82) is 0 Å². The van der Waals surface area contributed by atoms with E-state index >= 15 is 4.39 Å². The first kappa shape index (κ1) is 46.8. The van der Waals surface area contributed by atoms with Crippen LogP contribution in [0, 0.1) is 31.5 Å². The molecule has 0 unspecified atom stereocenters. The van der Waals surface area contributed by atoms with E-state index in [0.717, 1.165) is 67.1 Å². The normalized spacial score (nSPS) is 12.9. The van der Waals surface area contributed by atoms with Gasteiger partial charge in [-0.3, -0.25) is 0 Å². The topological polar surface area (TPSA) is 33.5 Å². The predicted octanol–water partition coefficient (Wildman–Crippen LogP) is 16.9. The van der Waals surface area contributed by atoms with Crippen molar-refractivity contribution in [3.63, 3.8) is 0 Å². The van der Waals surface area contributed by atoms with Crippen molar-refractivity contribution in [3.8, 4) is 28.4 Å². The molecule has 0 atom stereocenters. The van der Waals surface area contributed by atoms with E-state index in [9.17, 15) is 0 Å². The predicted molar refractivity (Wildman–Crippen MR) is 269 cm³/mol. The zero-order chi connectivity index (χ0) is 46.1. The Morgan fingerprint density at radius 1 is 0.652 bits per heavy atom. The molecule has 7 heteroatoms. The Morgan fingerprint density at radius 2 is 1.30 bits per heavy atom. The van der Waals surface area contributed by atoms with Crippen molar-refractivity contribution in [3.05, 3.63) is 173 Å². The first-order valence-corrected chi connectivity index (χ1v) is 23.2. The third kappa shape index (κ3) is 8.36. The third-order valence-corrected chi connectivity index (χ3v) is 13.0. The minimum absolute atomic E-state index is 0. The van der Waals surface area contributed by atoms with Crippen molar-refractivity contribution < 1.29 is 30.2 Å². The Hall–Kier alpha value is -5.71. The van der Waals surface area contributed by atoms with Crippen LogP contribution < -0.4 is 14.5 Å². The van der Waals surface area contributed by atoms with Crippen LogP contribution in [0.1, 0.15) is 133 Å². The van der Waals surface area contributed by atoms with Crippen molar-refractivity contribution in [2.45, 2.75) is 112 Å². The van der Waals surface area contributed by atoms with E-state index in [1.54, 1.807) is 6.07 Å². The van der Waals surface area contributed by atoms with Crippen molar-refractivity contribution in [2.24, 2.45) is 0 Å². The van der Waals surface area contributed by atoms with E-state index in [1.807, 2.05) is 19.2 Å². The fourth-order valence-corrected chi connectivity index (χ4v) is 9.71. The van der Waals surface area contributed by atoms with Gasteiger partial charge in [0.05, 0.1) is 0 Å². The molecule has 5 nitrogen and oxygen atoms in total. The van der Waals surface area contributed by atoms with E-state index in [-0.39, 0.29) is 56.0 Å². The van der Waals surface area contributed by atoms with Crippen LogP contribution in [0.4, 0.5) is 27.1 Å².